The monoisotopic (exact) mass is 272 g/mol. The van der Waals surface area contributed by atoms with Crippen molar-refractivity contribution >= 4 is 0 Å². The molecule has 0 aromatic heterocycles. The largest absolute Gasteiger partial charge is 0.373 e. The zero-order valence-electron chi connectivity index (χ0n) is 13.3. The van der Waals surface area contributed by atoms with Crippen LogP contribution in [0.1, 0.15) is 48.5 Å². The Morgan fingerprint density at radius 2 is 1.74 bits per heavy atom. The average molecular weight is 272 g/mol. The molecule has 0 spiro atoms. The minimum Gasteiger partial charge on any atom is -0.373 e. The van der Waals surface area contributed by atoms with E-state index in [1.807, 2.05) is 6.92 Å². The Morgan fingerprint density at radius 1 is 1.11 bits per heavy atom. The summed E-state index contributed by atoms with van der Waals surface area (Å²) >= 11 is 0. The van der Waals surface area contributed by atoms with Crippen LogP contribution in [0, 0.1) is 0 Å². The molecule has 2 aliphatic rings. The lowest BCUT2D eigenvalue weighted by Crippen LogP contribution is -2.50. The van der Waals surface area contributed by atoms with Gasteiger partial charge in [-0.1, -0.05) is 0 Å². The SMILES string of the molecule is C[C@@H]1O[C@@]2(COC(C)(C)C)CO[C@H]1C2OC(C)(C)C. The van der Waals surface area contributed by atoms with Crippen LogP contribution < -0.4 is 0 Å². The molecule has 0 aromatic carbocycles. The van der Waals surface area contributed by atoms with Crippen LogP contribution in [0.25, 0.3) is 0 Å². The van der Waals surface area contributed by atoms with Crippen LogP contribution in [-0.4, -0.2) is 48.3 Å². The molecule has 2 rings (SSSR count). The topological polar surface area (TPSA) is 36.9 Å². The highest BCUT2D eigenvalue weighted by atomic mass is 16.7. The summed E-state index contributed by atoms with van der Waals surface area (Å²) < 4.78 is 24.1. The van der Waals surface area contributed by atoms with Crippen molar-refractivity contribution in [3.63, 3.8) is 0 Å². The van der Waals surface area contributed by atoms with Crippen molar-refractivity contribution in [3.8, 4) is 0 Å². The summed E-state index contributed by atoms with van der Waals surface area (Å²) in [6, 6.07) is 0. The van der Waals surface area contributed by atoms with Crippen LogP contribution in [0.5, 0.6) is 0 Å². The first-order chi connectivity index (χ1) is 8.53. The fourth-order valence-corrected chi connectivity index (χ4v) is 2.68. The van der Waals surface area contributed by atoms with Gasteiger partial charge in [-0.3, -0.25) is 0 Å². The summed E-state index contributed by atoms with van der Waals surface area (Å²) in [6.45, 7) is 15.5. The number of fused-ring (bicyclic) bond motifs is 2. The maximum atomic E-state index is 6.19. The van der Waals surface area contributed by atoms with Crippen molar-refractivity contribution < 1.29 is 18.9 Å². The van der Waals surface area contributed by atoms with Gasteiger partial charge in [-0.2, -0.15) is 0 Å². The van der Waals surface area contributed by atoms with Gasteiger partial charge in [0.1, 0.15) is 17.8 Å². The lowest BCUT2D eigenvalue weighted by atomic mass is 9.97. The van der Waals surface area contributed by atoms with E-state index in [4.69, 9.17) is 18.9 Å². The molecule has 0 amide bonds. The van der Waals surface area contributed by atoms with Gasteiger partial charge in [0.15, 0.2) is 0 Å². The molecule has 4 heteroatoms. The summed E-state index contributed by atoms with van der Waals surface area (Å²) in [5.74, 6) is 0. The molecule has 0 aliphatic carbocycles. The first-order valence-corrected chi connectivity index (χ1v) is 7.14. The summed E-state index contributed by atoms with van der Waals surface area (Å²) in [5.41, 5.74) is -0.851. The lowest BCUT2D eigenvalue weighted by Gasteiger charge is -2.35. The van der Waals surface area contributed by atoms with Gasteiger partial charge in [0.25, 0.3) is 0 Å². The van der Waals surface area contributed by atoms with Crippen molar-refractivity contribution in [2.75, 3.05) is 13.2 Å². The lowest BCUT2D eigenvalue weighted by molar-refractivity contribution is -0.190. The van der Waals surface area contributed by atoms with E-state index in [0.29, 0.717) is 13.2 Å². The van der Waals surface area contributed by atoms with Crippen LogP contribution in [0.3, 0.4) is 0 Å². The van der Waals surface area contributed by atoms with Crippen LogP contribution in [-0.2, 0) is 18.9 Å². The summed E-state index contributed by atoms with van der Waals surface area (Å²) in [7, 11) is 0. The van der Waals surface area contributed by atoms with E-state index in [-0.39, 0.29) is 29.5 Å². The first kappa shape index (κ1) is 15.2. The third-order valence-corrected chi connectivity index (χ3v) is 3.45. The Kier molecular flexibility index (Phi) is 3.76. The van der Waals surface area contributed by atoms with Crippen LogP contribution in [0.2, 0.25) is 0 Å². The van der Waals surface area contributed by atoms with Gasteiger partial charge in [-0.15, -0.1) is 0 Å². The molecule has 2 saturated heterocycles. The molecule has 112 valence electrons. The first-order valence-electron chi connectivity index (χ1n) is 7.14. The zero-order chi connectivity index (χ0) is 14.5. The molecule has 2 bridgehead atoms. The Morgan fingerprint density at radius 3 is 2.21 bits per heavy atom. The molecule has 2 heterocycles. The highest BCUT2D eigenvalue weighted by Gasteiger charge is 2.62. The highest BCUT2D eigenvalue weighted by Crippen LogP contribution is 2.43. The van der Waals surface area contributed by atoms with E-state index in [0.717, 1.165) is 0 Å². The second-order valence-corrected chi connectivity index (χ2v) is 7.72. The predicted molar refractivity (Wildman–Crippen MR) is 73.3 cm³/mol. The average Bonchev–Trinajstić information content (AvgIpc) is 2.64. The van der Waals surface area contributed by atoms with E-state index in [1.165, 1.54) is 0 Å². The van der Waals surface area contributed by atoms with Gasteiger partial charge in [-0.25, -0.2) is 0 Å². The predicted octanol–water partition coefficient (Wildman–Crippen LogP) is 2.54. The molecule has 0 aromatic rings. The third kappa shape index (κ3) is 3.30. The molecular weight excluding hydrogens is 244 g/mol. The van der Waals surface area contributed by atoms with Gasteiger partial charge >= 0.3 is 0 Å². The Hall–Kier alpha value is -0.160. The van der Waals surface area contributed by atoms with E-state index in [1.54, 1.807) is 0 Å². The maximum Gasteiger partial charge on any atom is 0.144 e. The molecule has 0 radical (unpaired) electrons. The molecule has 4 atom stereocenters. The Balaban J connectivity index is 2.12. The van der Waals surface area contributed by atoms with Gasteiger partial charge in [0.2, 0.25) is 0 Å². The standard InChI is InChI=1S/C15H28O4/c1-10-11-12(19-14(5,6)7)15(18-10,8-16-11)9-17-13(2,3)4/h10-12H,8-9H2,1-7H3/t10-,11+,12?,15+/m0/s1. The maximum absolute atomic E-state index is 6.19. The van der Waals surface area contributed by atoms with E-state index >= 15 is 0 Å². The van der Waals surface area contributed by atoms with Crippen molar-refractivity contribution in [3.05, 3.63) is 0 Å². The van der Waals surface area contributed by atoms with E-state index in [2.05, 4.69) is 41.5 Å². The molecule has 19 heavy (non-hydrogen) atoms. The quantitative estimate of drug-likeness (QED) is 0.791. The minimum atomic E-state index is -0.454. The van der Waals surface area contributed by atoms with Gasteiger partial charge < -0.3 is 18.9 Å². The summed E-state index contributed by atoms with van der Waals surface area (Å²) in [4.78, 5) is 0. The highest BCUT2D eigenvalue weighted by molar-refractivity contribution is 5.09. The Labute approximate surface area is 116 Å². The van der Waals surface area contributed by atoms with Crippen LogP contribution in [0.4, 0.5) is 0 Å². The second kappa shape index (κ2) is 4.69. The summed E-state index contributed by atoms with van der Waals surface area (Å²) in [5, 5.41) is 0. The van der Waals surface area contributed by atoms with E-state index in [9.17, 15) is 0 Å². The van der Waals surface area contributed by atoms with Crippen molar-refractivity contribution in [1.29, 1.82) is 0 Å². The van der Waals surface area contributed by atoms with Gasteiger partial charge in [0.05, 0.1) is 30.5 Å². The van der Waals surface area contributed by atoms with Gasteiger partial charge in [-0.05, 0) is 48.5 Å². The third-order valence-electron chi connectivity index (χ3n) is 3.45. The molecule has 0 N–H and O–H groups in total. The van der Waals surface area contributed by atoms with E-state index < -0.39 is 5.60 Å². The minimum absolute atomic E-state index is 0.0165. The fourth-order valence-electron chi connectivity index (χ4n) is 2.68. The zero-order valence-corrected chi connectivity index (χ0v) is 13.3. The molecule has 2 fully saturated rings. The smallest absolute Gasteiger partial charge is 0.144 e. The van der Waals surface area contributed by atoms with Crippen molar-refractivity contribution in [2.24, 2.45) is 0 Å². The normalized spacial score (nSPS) is 39.0. The molecule has 1 unspecified atom stereocenters. The van der Waals surface area contributed by atoms with Crippen LogP contribution in [0.15, 0.2) is 0 Å². The Bertz CT molecular complexity index is 328. The molecule has 0 saturated carbocycles. The second-order valence-electron chi connectivity index (χ2n) is 7.72. The number of ether oxygens (including phenoxy) is 4. The number of hydrogen-bond donors (Lipinski definition) is 0. The van der Waals surface area contributed by atoms with Crippen molar-refractivity contribution in [1.82, 2.24) is 0 Å². The molecule has 2 aliphatic heterocycles. The number of rotatable bonds is 3. The van der Waals surface area contributed by atoms with Gasteiger partial charge in [0, 0.05) is 0 Å². The molecule has 4 nitrogen and oxygen atoms in total. The molecular formula is C15H28O4. The van der Waals surface area contributed by atoms with Crippen LogP contribution >= 0.6 is 0 Å². The number of hydrogen-bond acceptors (Lipinski definition) is 4. The summed E-state index contributed by atoms with van der Waals surface area (Å²) in [6.07, 6.45) is 0.0253. The van der Waals surface area contributed by atoms with Crippen molar-refractivity contribution in [2.45, 2.75) is 83.6 Å². The fraction of sp³-hybridized carbons (Fsp3) is 1.00.